The van der Waals surface area contributed by atoms with Gasteiger partial charge >= 0.3 is 0 Å². The smallest absolute Gasteiger partial charge is 0.271 e. The Morgan fingerprint density at radius 2 is 1.82 bits per heavy atom. The summed E-state index contributed by atoms with van der Waals surface area (Å²) in [6.07, 6.45) is 3.44. The molecule has 0 radical (unpaired) electrons. The van der Waals surface area contributed by atoms with Gasteiger partial charge in [0.15, 0.2) is 0 Å². The number of hydrogen-bond acceptors (Lipinski definition) is 3. The summed E-state index contributed by atoms with van der Waals surface area (Å²) in [6, 6.07) is 16.6. The minimum atomic E-state index is -0.279. The summed E-state index contributed by atoms with van der Waals surface area (Å²) in [5, 5.41) is 3.92. The van der Waals surface area contributed by atoms with Crippen molar-refractivity contribution in [3.05, 3.63) is 70.2 Å². The Kier molecular flexibility index (Phi) is 5.91. The van der Waals surface area contributed by atoms with Crippen LogP contribution in [0.3, 0.4) is 0 Å². The van der Waals surface area contributed by atoms with Crippen molar-refractivity contribution in [2.45, 2.75) is 0 Å². The van der Waals surface area contributed by atoms with E-state index in [0.29, 0.717) is 11.3 Å². The second-order valence-corrected chi connectivity index (χ2v) is 5.28. The Balaban J connectivity index is 1.93. The zero-order valence-corrected chi connectivity index (χ0v) is 13.6. The van der Waals surface area contributed by atoms with E-state index in [1.165, 1.54) is 6.21 Å². The predicted molar refractivity (Wildman–Crippen MR) is 92.3 cm³/mol. The zero-order valence-electron chi connectivity index (χ0n) is 12.0. The van der Waals surface area contributed by atoms with Gasteiger partial charge in [0.25, 0.3) is 5.91 Å². The van der Waals surface area contributed by atoms with Gasteiger partial charge in [0.05, 0.1) is 13.3 Å². The van der Waals surface area contributed by atoms with Crippen molar-refractivity contribution in [1.82, 2.24) is 5.43 Å². The van der Waals surface area contributed by atoms with Crippen LogP contribution in [-0.4, -0.2) is 19.2 Å². The van der Waals surface area contributed by atoms with E-state index >= 15 is 0 Å². The molecule has 0 aromatic heterocycles. The van der Waals surface area contributed by atoms with Crippen LogP contribution in [0, 0.1) is 0 Å². The van der Waals surface area contributed by atoms with E-state index in [4.69, 9.17) is 4.74 Å². The summed E-state index contributed by atoms with van der Waals surface area (Å²) in [6.45, 7) is 0. The number of benzene rings is 2. The van der Waals surface area contributed by atoms with E-state index in [0.717, 1.165) is 10.0 Å². The summed E-state index contributed by atoms with van der Waals surface area (Å²) in [5.74, 6) is 0.424. The van der Waals surface area contributed by atoms with Gasteiger partial charge in [-0.1, -0.05) is 30.3 Å². The molecular weight excluding hydrogens is 344 g/mol. The molecule has 0 unspecified atom stereocenters. The predicted octanol–water partition coefficient (Wildman–Crippen LogP) is 3.85. The molecule has 1 N–H and O–H groups in total. The average Bonchev–Trinajstić information content (AvgIpc) is 2.55. The molecule has 0 aliphatic carbocycles. The molecule has 1 amide bonds. The molecule has 0 heterocycles. The molecule has 0 aliphatic heterocycles. The third kappa shape index (κ3) is 4.86. The minimum absolute atomic E-state index is 0.279. The maximum atomic E-state index is 11.9. The van der Waals surface area contributed by atoms with Crippen molar-refractivity contribution in [2.24, 2.45) is 5.10 Å². The highest BCUT2D eigenvalue weighted by molar-refractivity contribution is 9.12. The second-order valence-electron chi connectivity index (χ2n) is 4.37. The fraction of sp³-hybridized carbons (Fsp3) is 0.0588. The van der Waals surface area contributed by atoms with Gasteiger partial charge in [-0.3, -0.25) is 4.79 Å². The van der Waals surface area contributed by atoms with Crippen LogP contribution in [0.4, 0.5) is 0 Å². The Morgan fingerprint density at radius 3 is 2.45 bits per heavy atom. The first-order chi connectivity index (χ1) is 10.7. The van der Waals surface area contributed by atoms with Crippen molar-refractivity contribution in [3.8, 4) is 5.75 Å². The average molecular weight is 359 g/mol. The first-order valence-corrected chi connectivity index (χ1v) is 7.38. The molecule has 112 valence electrons. The molecule has 0 spiro atoms. The number of carbonyl (C=O) groups is 1. The third-order valence-electron chi connectivity index (χ3n) is 2.81. The van der Waals surface area contributed by atoms with Crippen LogP contribution in [0.2, 0.25) is 0 Å². The molecule has 0 bridgehead atoms. The number of carbonyl (C=O) groups excluding carboxylic acids is 1. The van der Waals surface area contributed by atoms with Crippen LogP contribution in [0.25, 0.3) is 6.08 Å². The molecule has 2 aromatic carbocycles. The summed E-state index contributed by atoms with van der Waals surface area (Å²) < 4.78 is 5.80. The molecule has 0 saturated carbocycles. The van der Waals surface area contributed by atoms with Gasteiger partial charge in [0, 0.05) is 10.0 Å². The van der Waals surface area contributed by atoms with Gasteiger partial charge in [0.2, 0.25) is 0 Å². The molecule has 22 heavy (non-hydrogen) atoms. The van der Waals surface area contributed by atoms with E-state index in [1.807, 2.05) is 36.4 Å². The summed E-state index contributed by atoms with van der Waals surface area (Å²) in [4.78, 5) is 11.9. The number of halogens is 1. The lowest BCUT2D eigenvalue weighted by Crippen LogP contribution is -2.17. The Hall–Kier alpha value is -2.40. The number of nitrogens with one attached hydrogen (secondary N) is 1. The van der Waals surface area contributed by atoms with Gasteiger partial charge in [-0.25, -0.2) is 5.43 Å². The number of allylic oxidation sites excluding steroid dienone is 1. The van der Waals surface area contributed by atoms with E-state index in [1.54, 1.807) is 31.4 Å². The second kappa shape index (κ2) is 8.14. The fourth-order valence-electron chi connectivity index (χ4n) is 1.71. The first kappa shape index (κ1) is 16.0. The lowest BCUT2D eigenvalue weighted by Gasteiger charge is -2.02. The van der Waals surface area contributed by atoms with Crippen LogP contribution in [0.1, 0.15) is 15.9 Å². The van der Waals surface area contributed by atoms with Crippen LogP contribution in [0.5, 0.6) is 5.75 Å². The topological polar surface area (TPSA) is 50.7 Å². The third-order valence-corrected chi connectivity index (χ3v) is 3.24. The van der Waals surface area contributed by atoms with E-state index < -0.39 is 0 Å². The number of amides is 1. The van der Waals surface area contributed by atoms with Gasteiger partial charge in [-0.2, -0.15) is 5.10 Å². The van der Waals surface area contributed by atoms with Gasteiger partial charge in [0.1, 0.15) is 5.75 Å². The number of hydrazone groups is 1. The normalized spacial score (nSPS) is 11.5. The first-order valence-electron chi connectivity index (χ1n) is 6.59. The quantitative estimate of drug-likeness (QED) is 0.651. The van der Waals surface area contributed by atoms with E-state index in [-0.39, 0.29) is 5.91 Å². The van der Waals surface area contributed by atoms with Gasteiger partial charge in [-0.05, 0) is 51.8 Å². The highest BCUT2D eigenvalue weighted by Crippen LogP contribution is 2.11. The maximum absolute atomic E-state index is 11.9. The highest BCUT2D eigenvalue weighted by Gasteiger charge is 2.03. The molecule has 2 aromatic rings. The lowest BCUT2D eigenvalue weighted by atomic mass is 10.2. The van der Waals surface area contributed by atoms with Gasteiger partial charge in [-0.15, -0.1) is 0 Å². The van der Waals surface area contributed by atoms with Crippen molar-refractivity contribution in [3.63, 3.8) is 0 Å². The Labute approximate surface area is 137 Å². The highest BCUT2D eigenvalue weighted by atomic mass is 79.9. The number of methoxy groups -OCH3 is 1. The Morgan fingerprint density at radius 1 is 1.14 bits per heavy atom. The molecule has 0 aliphatic rings. The maximum Gasteiger partial charge on any atom is 0.271 e. The van der Waals surface area contributed by atoms with Crippen LogP contribution >= 0.6 is 15.9 Å². The molecule has 4 nitrogen and oxygen atoms in total. The van der Waals surface area contributed by atoms with Crippen LogP contribution in [-0.2, 0) is 0 Å². The minimum Gasteiger partial charge on any atom is -0.497 e. The number of nitrogens with zero attached hydrogens (tertiary/aromatic N) is 1. The van der Waals surface area contributed by atoms with Crippen molar-refractivity contribution < 1.29 is 9.53 Å². The number of hydrogen-bond donors (Lipinski definition) is 1. The van der Waals surface area contributed by atoms with E-state index in [9.17, 15) is 4.79 Å². The SMILES string of the molecule is COc1ccc(C(=O)N/N=C/C(Br)=C/c2ccccc2)cc1. The summed E-state index contributed by atoms with van der Waals surface area (Å²) in [5.41, 5.74) is 4.03. The zero-order chi connectivity index (χ0) is 15.8. The van der Waals surface area contributed by atoms with Crippen molar-refractivity contribution in [1.29, 1.82) is 0 Å². The summed E-state index contributed by atoms with van der Waals surface area (Å²) >= 11 is 3.38. The monoisotopic (exact) mass is 358 g/mol. The van der Waals surface area contributed by atoms with Crippen LogP contribution in [0.15, 0.2) is 64.2 Å². The fourth-order valence-corrected chi connectivity index (χ4v) is 2.07. The molecule has 0 fully saturated rings. The lowest BCUT2D eigenvalue weighted by molar-refractivity contribution is 0.0955. The summed E-state index contributed by atoms with van der Waals surface area (Å²) in [7, 11) is 1.58. The van der Waals surface area contributed by atoms with Gasteiger partial charge < -0.3 is 4.74 Å². The van der Waals surface area contributed by atoms with Crippen molar-refractivity contribution in [2.75, 3.05) is 7.11 Å². The van der Waals surface area contributed by atoms with Crippen LogP contribution < -0.4 is 10.2 Å². The Bertz CT molecular complexity index is 680. The van der Waals surface area contributed by atoms with Crippen molar-refractivity contribution >= 4 is 34.1 Å². The molecule has 0 atom stereocenters. The molecule has 0 saturated heterocycles. The molecule has 5 heteroatoms. The largest absolute Gasteiger partial charge is 0.497 e. The standard InChI is InChI=1S/C17H15BrN2O2/c1-22-16-9-7-14(8-10-16)17(21)20-19-12-15(18)11-13-5-3-2-4-6-13/h2-12H,1H3,(H,20,21)/b15-11-,19-12+. The molecule has 2 rings (SSSR count). The van der Waals surface area contributed by atoms with E-state index in [2.05, 4.69) is 26.5 Å². The molecular formula is C17H15BrN2O2. The number of rotatable bonds is 5. The number of ether oxygens (including phenoxy) is 1.